The zero-order valence-corrected chi connectivity index (χ0v) is 15.7. The lowest BCUT2D eigenvalue weighted by atomic mass is 10.2. The van der Waals surface area contributed by atoms with Crippen molar-refractivity contribution < 1.29 is 19.1 Å². The van der Waals surface area contributed by atoms with Crippen molar-refractivity contribution >= 4 is 52.4 Å². The van der Waals surface area contributed by atoms with Crippen LogP contribution in [0.15, 0.2) is 59.3 Å². The highest BCUT2D eigenvalue weighted by Gasteiger charge is 2.38. The fourth-order valence-corrected chi connectivity index (χ4v) is 2.82. The normalized spacial score (nSPS) is 14.0. The van der Waals surface area contributed by atoms with Crippen LogP contribution in [0, 0.1) is 0 Å². The van der Waals surface area contributed by atoms with E-state index in [0.717, 1.165) is 4.90 Å². The van der Waals surface area contributed by atoms with Gasteiger partial charge in [0.05, 0.1) is 17.9 Å². The molecule has 0 fully saturated rings. The summed E-state index contributed by atoms with van der Waals surface area (Å²) in [6.45, 7) is 2.00. The van der Waals surface area contributed by atoms with Crippen LogP contribution >= 0.6 is 23.2 Å². The number of ether oxygens (including phenoxy) is 1. The summed E-state index contributed by atoms with van der Waals surface area (Å²) in [5, 5.41) is 3.10. The molecule has 0 bridgehead atoms. The third-order valence-electron chi connectivity index (χ3n) is 3.78. The highest BCUT2D eigenvalue weighted by atomic mass is 35.5. The maximum Gasteiger partial charge on any atom is 0.338 e. The average molecular weight is 405 g/mol. The number of benzene rings is 2. The number of imide groups is 1. The van der Waals surface area contributed by atoms with Crippen molar-refractivity contribution in [3.8, 4) is 0 Å². The Morgan fingerprint density at radius 2 is 1.63 bits per heavy atom. The van der Waals surface area contributed by atoms with Crippen LogP contribution in [0.3, 0.4) is 0 Å². The van der Waals surface area contributed by atoms with Crippen LogP contribution in [0.5, 0.6) is 0 Å². The van der Waals surface area contributed by atoms with Gasteiger partial charge in [0.1, 0.15) is 10.7 Å². The number of nitrogens with one attached hydrogen (secondary N) is 1. The van der Waals surface area contributed by atoms with E-state index in [1.54, 1.807) is 55.5 Å². The summed E-state index contributed by atoms with van der Waals surface area (Å²) in [7, 11) is 0. The van der Waals surface area contributed by atoms with Crippen molar-refractivity contribution in [2.75, 3.05) is 16.8 Å². The maximum atomic E-state index is 12.7. The molecule has 0 atom stereocenters. The van der Waals surface area contributed by atoms with Crippen LogP contribution < -0.4 is 10.2 Å². The van der Waals surface area contributed by atoms with Gasteiger partial charge in [-0.3, -0.25) is 9.59 Å². The Morgan fingerprint density at radius 3 is 2.22 bits per heavy atom. The standard InChI is InChI=1S/C19H14Cl2N2O4/c1-2-27-19(26)11-3-7-13(8-4-11)22-16-15(21)17(24)23(18(16)25)14-9-5-12(20)6-10-14/h3-10,22H,2H2,1H3. The van der Waals surface area contributed by atoms with E-state index in [9.17, 15) is 14.4 Å². The van der Waals surface area contributed by atoms with Gasteiger partial charge < -0.3 is 10.1 Å². The number of carbonyl (C=O) groups excluding carboxylic acids is 3. The highest BCUT2D eigenvalue weighted by Crippen LogP contribution is 2.30. The first-order chi connectivity index (χ1) is 12.9. The summed E-state index contributed by atoms with van der Waals surface area (Å²) < 4.78 is 4.92. The van der Waals surface area contributed by atoms with Crippen molar-refractivity contribution in [2.24, 2.45) is 0 Å². The molecule has 0 saturated carbocycles. The summed E-state index contributed by atoms with van der Waals surface area (Å²) in [5.74, 6) is -1.65. The summed E-state index contributed by atoms with van der Waals surface area (Å²) in [5.41, 5.74) is 1.19. The van der Waals surface area contributed by atoms with Gasteiger partial charge in [-0.1, -0.05) is 23.2 Å². The van der Waals surface area contributed by atoms with Gasteiger partial charge in [0.15, 0.2) is 0 Å². The second-order valence-corrected chi connectivity index (χ2v) is 6.35. The number of amides is 2. The van der Waals surface area contributed by atoms with Gasteiger partial charge in [-0.15, -0.1) is 0 Å². The number of nitrogens with zero attached hydrogens (tertiary/aromatic N) is 1. The van der Waals surface area contributed by atoms with Crippen molar-refractivity contribution in [3.05, 3.63) is 69.8 Å². The molecule has 8 heteroatoms. The van der Waals surface area contributed by atoms with E-state index < -0.39 is 17.8 Å². The molecule has 1 N–H and O–H groups in total. The number of carbonyl (C=O) groups is 3. The van der Waals surface area contributed by atoms with Gasteiger partial charge in [-0.25, -0.2) is 9.69 Å². The monoisotopic (exact) mass is 404 g/mol. The van der Waals surface area contributed by atoms with Gasteiger partial charge in [-0.2, -0.15) is 0 Å². The van der Waals surface area contributed by atoms with E-state index in [2.05, 4.69) is 5.32 Å². The lowest BCUT2D eigenvalue weighted by molar-refractivity contribution is -0.120. The zero-order valence-electron chi connectivity index (χ0n) is 14.2. The minimum absolute atomic E-state index is 0.0412. The van der Waals surface area contributed by atoms with Crippen LogP contribution in [0.25, 0.3) is 0 Å². The van der Waals surface area contributed by atoms with Crippen LogP contribution in [0.2, 0.25) is 5.02 Å². The Hall–Kier alpha value is -2.83. The Kier molecular flexibility index (Phi) is 5.48. The molecule has 0 aromatic heterocycles. The predicted molar refractivity (Wildman–Crippen MR) is 103 cm³/mol. The summed E-state index contributed by atoms with van der Waals surface area (Å²) in [6, 6.07) is 12.5. The molecule has 0 radical (unpaired) electrons. The molecule has 0 unspecified atom stereocenters. The molecule has 1 heterocycles. The van der Waals surface area contributed by atoms with Crippen LogP contribution in [0.4, 0.5) is 11.4 Å². The van der Waals surface area contributed by atoms with Crippen molar-refractivity contribution in [3.63, 3.8) is 0 Å². The average Bonchev–Trinajstić information content (AvgIpc) is 2.87. The van der Waals surface area contributed by atoms with Gasteiger partial charge in [-0.05, 0) is 55.5 Å². The van der Waals surface area contributed by atoms with Crippen LogP contribution in [0.1, 0.15) is 17.3 Å². The molecular weight excluding hydrogens is 391 g/mol. The first kappa shape index (κ1) is 18.9. The molecule has 2 amide bonds. The quantitative estimate of drug-likeness (QED) is 0.602. The molecule has 1 aliphatic heterocycles. The fourth-order valence-electron chi connectivity index (χ4n) is 2.48. The summed E-state index contributed by atoms with van der Waals surface area (Å²) >= 11 is 11.9. The smallest absolute Gasteiger partial charge is 0.338 e. The third-order valence-corrected chi connectivity index (χ3v) is 4.38. The number of hydrogen-bond donors (Lipinski definition) is 1. The van der Waals surface area contributed by atoms with E-state index in [0.29, 0.717) is 22.0 Å². The number of anilines is 2. The Bertz CT molecular complexity index is 937. The third kappa shape index (κ3) is 3.82. The Balaban J connectivity index is 1.80. The number of hydrogen-bond acceptors (Lipinski definition) is 5. The lowest BCUT2D eigenvalue weighted by Gasteiger charge is -2.15. The largest absolute Gasteiger partial charge is 0.462 e. The van der Waals surface area contributed by atoms with E-state index in [1.807, 2.05) is 0 Å². The van der Waals surface area contributed by atoms with Crippen molar-refractivity contribution in [2.45, 2.75) is 6.92 Å². The summed E-state index contributed by atoms with van der Waals surface area (Å²) in [4.78, 5) is 37.7. The first-order valence-electron chi connectivity index (χ1n) is 8.00. The Morgan fingerprint density at radius 1 is 1.00 bits per heavy atom. The molecule has 0 aliphatic carbocycles. The molecule has 2 aromatic carbocycles. The zero-order chi connectivity index (χ0) is 19.6. The lowest BCUT2D eigenvalue weighted by Crippen LogP contribution is -2.32. The van der Waals surface area contributed by atoms with E-state index >= 15 is 0 Å². The second kappa shape index (κ2) is 7.82. The molecule has 2 aromatic rings. The first-order valence-corrected chi connectivity index (χ1v) is 8.76. The van der Waals surface area contributed by atoms with Gasteiger partial charge in [0.25, 0.3) is 11.8 Å². The summed E-state index contributed by atoms with van der Waals surface area (Å²) in [6.07, 6.45) is 0. The maximum absolute atomic E-state index is 12.7. The minimum atomic E-state index is -0.630. The molecule has 0 saturated heterocycles. The topological polar surface area (TPSA) is 75.7 Å². The van der Waals surface area contributed by atoms with Crippen molar-refractivity contribution in [1.82, 2.24) is 0 Å². The van der Waals surface area contributed by atoms with Crippen LogP contribution in [-0.2, 0) is 14.3 Å². The predicted octanol–water partition coefficient (Wildman–Crippen LogP) is 3.95. The molecule has 3 rings (SSSR count). The molecule has 1 aliphatic rings. The van der Waals surface area contributed by atoms with E-state index in [1.165, 1.54) is 0 Å². The molecule has 138 valence electrons. The SMILES string of the molecule is CCOC(=O)c1ccc(NC2=C(Cl)C(=O)N(c3ccc(Cl)cc3)C2=O)cc1. The second-order valence-electron chi connectivity index (χ2n) is 5.53. The minimum Gasteiger partial charge on any atom is -0.462 e. The Labute approximate surface area is 165 Å². The van der Waals surface area contributed by atoms with Crippen LogP contribution in [-0.4, -0.2) is 24.4 Å². The van der Waals surface area contributed by atoms with E-state index in [-0.39, 0.29) is 17.3 Å². The van der Waals surface area contributed by atoms with Gasteiger partial charge in [0.2, 0.25) is 0 Å². The molecular formula is C19H14Cl2N2O4. The van der Waals surface area contributed by atoms with Gasteiger partial charge in [0, 0.05) is 10.7 Å². The number of esters is 1. The molecule has 27 heavy (non-hydrogen) atoms. The fraction of sp³-hybridized carbons (Fsp3) is 0.105. The highest BCUT2D eigenvalue weighted by molar-refractivity contribution is 6.53. The number of halogens is 2. The van der Waals surface area contributed by atoms with Crippen molar-refractivity contribution in [1.29, 1.82) is 0 Å². The molecule has 6 nitrogen and oxygen atoms in total. The molecule has 0 spiro atoms. The number of rotatable bonds is 5. The van der Waals surface area contributed by atoms with E-state index in [4.69, 9.17) is 27.9 Å². The van der Waals surface area contributed by atoms with Gasteiger partial charge >= 0.3 is 5.97 Å².